The number of carbonyl (C=O) groups is 1. The lowest BCUT2D eigenvalue weighted by Crippen LogP contribution is -2.06. The molecule has 0 aliphatic rings. The highest BCUT2D eigenvalue weighted by molar-refractivity contribution is 5.70. The Morgan fingerprint density at radius 2 is 1.80 bits per heavy atom. The number of nitrogens with one attached hydrogen (secondary N) is 1. The van der Waals surface area contributed by atoms with Crippen molar-refractivity contribution in [2.75, 3.05) is 12.4 Å². The number of halogens is 2. The Kier molecular flexibility index (Phi) is 6.41. The predicted molar refractivity (Wildman–Crippen MR) is 105 cm³/mol. The van der Waals surface area contributed by atoms with Gasteiger partial charge in [-0.15, -0.1) is 0 Å². The van der Waals surface area contributed by atoms with E-state index in [1.807, 2.05) is 0 Å². The first-order chi connectivity index (χ1) is 14.4. The minimum Gasteiger partial charge on any atom is -0.494 e. The Morgan fingerprint density at radius 3 is 2.40 bits per heavy atom. The van der Waals surface area contributed by atoms with Crippen LogP contribution < -0.4 is 14.8 Å². The molecule has 3 aromatic rings. The van der Waals surface area contributed by atoms with Crippen molar-refractivity contribution in [3.8, 4) is 11.5 Å². The fraction of sp³-hybridized carbons (Fsp3) is 0.190. The highest BCUT2D eigenvalue weighted by atomic mass is 19.1. The molecule has 0 fully saturated rings. The van der Waals surface area contributed by atoms with Gasteiger partial charge in [-0.2, -0.15) is 0 Å². The zero-order valence-corrected chi connectivity index (χ0v) is 16.3. The van der Waals surface area contributed by atoms with E-state index in [1.165, 1.54) is 32.5 Å². The smallest absolute Gasteiger partial charge is 0.307 e. The van der Waals surface area contributed by atoms with Gasteiger partial charge >= 0.3 is 5.97 Å². The van der Waals surface area contributed by atoms with E-state index < -0.39 is 17.6 Å². The largest absolute Gasteiger partial charge is 0.494 e. The van der Waals surface area contributed by atoms with Crippen LogP contribution in [-0.2, 0) is 17.8 Å². The molecule has 3 rings (SSSR count). The quantitative estimate of drug-likeness (QED) is 0.574. The lowest BCUT2D eigenvalue weighted by Gasteiger charge is -2.12. The number of hydrogen-bond donors (Lipinski definition) is 2. The van der Waals surface area contributed by atoms with Gasteiger partial charge in [0.1, 0.15) is 12.4 Å². The average molecular weight is 415 g/mol. The van der Waals surface area contributed by atoms with Gasteiger partial charge in [-0.05, 0) is 36.2 Å². The summed E-state index contributed by atoms with van der Waals surface area (Å²) in [4.78, 5) is 18.9. The molecule has 0 bridgehead atoms. The van der Waals surface area contributed by atoms with E-state index >= 15 is 0 Å². The van der Waals surface area contributed by atoms with Gasteiger partial charge in [0.05, 0.1) is 31.5 Å². The summed E-state index contributed by atoms with van der Waals surface area (Å²) in [5, 5.41) is 11.8. The Hall–Kier alpha value is -3.75. The van der Waals surface area contributed by atoms with Crippen LogP contribution in [-0.4, -0.2) is 28.2 Å². The number of carboxylic acids is 1. The Labute approximate surface area is 171 Å². The molecule has 0 aliphatic heterocycles. The van der Waals surface area contributed by atoms with E-state index in [9.17, 15) is 13.6 Å². The van der Waals surface area contributed by atoms with E-state index in [-0.39, 0.29) is 41.6 Å². The molecular formula is C21H19F2N3O4. The van der Waals surface area contributed by atoms with Crippen LogP contribution in [0.25, 0.3) is 0 Å². The number of aryl methyl sites for hydroxylation is 1. The molecule has 7 nitrogen and oxygen atoms in total. The Morgan fingerprint density at radius 1 is 1.13 bits per heavy atom. The second-order valence-electron chi connectivity index (χ2n) is 6.43. The lowest BCUT2D eigenvalue weighted by molar-refractivity contribution is -0.136. The Balaban J connectivity index is 1.64. The van der Waals surface area contributed by atoms with Gasteiger partial charge in [0.15, 0.2) is 17.3 Å². The molecule has 9 heteroatoms. The van der Waals surface area contributed by atoms with Gasteiger partial charge in [-0.1, -0.05) is 12.1 Å². The van der Waals surface area contributed by atoms with Crippen LogP contribution in [0.1, 0.15) is 16.7 Å². The normalized spacial score (nSPS) is 10.5. The van der Waals surface area contributed by atoms with Gasteiger partial charge in [0.2, 0.25) is 5.95 Å². The van der Waals surface area contributed by atoms with Gasteiger partial charge < -0.3 is 19.9 Å². The second-order valence-corrected chi connectivity index (χ2v) is 6.43. The summed E-state index contributed by atoms with van der Waals surface area (Å²) in [6, 6.07) is 8.08. The summed E-state index contributed by atoms with van der Waals surface area (Å²) in [6.07, 6.45) is 2.69. The number of nitrogens with zero attached hydrogens (tertiary/aromatic N) is 2. The van der Waals surface area contributed by atoms with Crippen molar-refractivity contribution in [3.63, 3.8) is 0 Å². The van der Waals surface area contributed by atoms with E-state index in [1.54, 1.807) is 24.3 Å². The number of methoxy groups -OCH3 is 1. The SMILES string of the molecule is COc1cc(C)c(F)c(COc2cnc(Nc3ccc(CC(=O)O)cc3)nc2)c1F. The highest BCUT2D eigenvalue weighted by Gasteiger charge is 2.18. The zero-order valence-electron chi connectivity index (χ0n) is 16.3. The molecule has 0 radical (unpaired) electrons. The fourth-order valence-corrected chi connectivity index (χ4v) is 2.70. The maximum Gasteiger partial charge on any atom is 0.307 e. The first kappa shape index (κ1) is 21.0. The predicted octanol–water partition coefficient (Wildman–Crippen LogP) is 4.02. The third-order valence-electron chi connectivity index (χ3n) is 4.24. The minimum atomic E-state index is -0.904. The van der Waals surface area contributed by atoms with Crippen LogP contribution in [0.2, 0.25) is 0 Å². The maximum atomic E-state index is 14.3. The second kappa shape index (κ2) is 9.17. The lowest BCUT2D eigenvalue weighted by atomic mass is 10.1. The van der Waals surface area contributed by atoms with Crippen molar-refractivity contribution in [1.29, 1.82) is 0 Å². The minimum absolute atomic E-state index is 0.0577. The molecule has 1 aromatic heterocycles. The molecule has 156 valence electrons. The van der Waals surface area contributed by atoms with Crippen LogP contribution in [0.5, 0.6) is 11.5 Å². The number of aliphatic carboxylic acids is 1. The number of benzene rings is 2. The third-order valence-corrected chi connectivity index (χ3v) is 4.24. The molecule has 0 aliphatic carbocycles. The molecule has 0 saturated carbocycles. The molecule has 0 atom stereocenters. The molecule has 30 heavy (non-hydrogen) atoms. The van der Waals surface area contributed by atoms with E-state index in [0.717, 1.165) is 0 Å². The topological polar surface area (TPSA) is 93.6 Å². The number of aromatic nitrogens is 2. The number of hydrogen-bond acceptors (Lipinski definition) is 6. The van der Waals surface area contributed by atoms with Crippen molar-refractivity contribution >= 4 is 17.6 Å². The first-order valence-electron chi connectivity index (χ1n) is 8.91. The molecule has 2 N–H and O–H groups in total. The van der Waals surface area contributed by atoms with Crippen molar-refractivity contribution in [3.05, 3.63) is 71.1 Å². The van der Waals surface area contributed by atoms with Crippen molar-refractivity contribution in [2.24, 2.45) is 0 Å². The summed E-state index contributed by atoms with van der Waals surface area (Å²) in [6.45, 7) is 1.16. The van der Waals surface area contributed by atoms with Crippen LogP contribution >= 0.6 is 0 Å². The van der Waals surface area contributed by atoms with E-state index in [4.69, 9.17) is 14.6 Å². The maximum absolute atomic E-state index is 14.3. The molecule has 0 spiro atoms. The number of ether oxygens (including phenoxy) is 2. The van der Waals surface area contributed by atoms with Crippen molar-refractivity contribution < 1.29 is 28.2 Å². The Bertz CT molecular complexity index is 1040. The van der Waals surface area contributed by atoms with Crippen molar-refractivity contribution in [2.45, 2.75) is 20.0 Å². The summed E-state index contributed by atoms with van der Waals surface area (Å²) in [5.41, 5.74) is 1.35. The third kappa shape index (κ3) is 4.99. The summed E-state index contributed by atoms with van der Waals surface area (Å²) < 4.78 is 38.9. The standard InChI is InChI=1S/C21H19F2N3O4/c1-12-7-17(29-2)20(23)16(19(12)22)11-30-15-9-24-21(25-10-15)26-14-5-3-13(4-6-14)8-18(27)28/h3-7,9-10H,8,11H2,1-2H3,(H,27,28)(H,24,25,26). The van der Waals surface area contributed by atoms with Crippen LogP contribution in [0.3, 0.4) is 0 Å². The van der Waals surface area contributed by atoms with Crippen LogP contribution in [0.15, 0.2) is 42.7 Å². The monoisotopic (exact) mass is 415 g/mol. The van der Waals surface area contributed by atoms with Crippen LogP contribution in [0, 0.1) is 18.6 Å². The molecule has 0 unspecified atom stereocenters. The molecule has 2 aromatic carbocycles. The number of rotatable bonds is 8. The highest BCUT2D eigenvalue weighted by Crippen LogP contribution is 2.27. The molecule has 1 heterocycles. The summed E-state index contributed by atoms with van der Waals surface area (Å²) in [5.74, 6) is -1.96. The summed E-state index contributed by atoms with van der Waals surface area (Å²) >= 11 is 0. The number of anilines is 2. The number of carboxylic acid groups (broad SMARTS) is 1. The van der Waals surface area contributed by atoms with Crippen molar-refractivity contribution in [1.82, 2.24) is 9.97 Å². The zero-order chi connectivity index (χ0) is 21.7. The van der Waals surface area contributed by atoms with Gasteiger partial charge in [0, 0.05) is 5.69 Å². The molecule has 0 amide bonds. The van der Waals surface area contributed by atoms with Gasteiger partial charge in [-0.25, -0.2) is 18.7 Å². The van der Waals surface area contributed by atoms with E-state index in [0.29, 0.717) is 11.3 Å². The molecule has 0 saturated heterocycles. The van der Waals surface area contributed by atoms with Gasteiger partial charge in [0.25, 0.3) is 0 Å². The van der Waals surface area contributed by atoms with Crippen LogP contribution in [0.4, 0.5) is 20.4 Å². The fourth-order valence-electron chi connectivity index (χ4n) is 2.70. The molecular weight excluding hydrogens is 396 g/mol. The van der Waals surface area contributed by atoms with E-state index in [2.05, 4.69) is 15.3 Å². The summed E-state index contributed by atoms with van der Waals surface area (Å²) in [7, 11) is 1.31. The average Bonchev–Trinajstić information content (AvgIpc) is 2.73. The first-order valence-corrected chi connectivity index (χ1v) is 8.91. The van der Waals surface area contributed by atoms with Gasteiger partial charge in [-0.3, -0.25) is 4.79 Å².